The number of hydrogen-bond donors (Lipinski definition) is 0. The minimum absolute atomic E-state index is 0.000975. The van der Waals surface area contributed by atoms with Crippen molar-refractivity contribution in [1.29, 1.82) is 0 Å². The van der Waals surface area contributed by atoms with E-state index in [0.29, 0.717) is 11.6 Å². The Balaban J connectivity index is 1.62. The lowest BCUT2D eigenvalue weighted by Crippen LogP contribution is -2.12. The van der Waals surface area contributed by atoms with Gasteiger partial charge in [-0.05, 0) is 88.0 Å². The van der Waals surface area contributed by atoms with Gasteiger partial charge >= 0.3 is 0 Å². The molecule has 3 nitrogen and oxygen atoms in total. The molecule has 3 aromatic carbocycles. The Kier molecular flexibility index (Phi) is 5.49. The summed E-state index contributed by atoms with van der Waals surface area (Å²) in [5, 5.41) is 4.66. The minimum atomic E-state index is -0.000975. The van der Waals surface area contributed by atoms with Crippen molar-refractivity contribution in [2.45, 2.75) is 53.4 Å². The molecule has 0 aliphatic rings. The molecule has 0 unspecified atom stereocenters. The van der Waals surface area contributed by atoms with Crippen LogP contribution < -0.4 is 0 Å². The van der Waals surface area contributed by atoms with E-state index in [9.17, 15) is 0 Å². The van der Waals surface area contributed by atoms with E-state index in [-0.39, 0.29) is 5.41 Å². The molecule has 0 saturated heterocycles. The number of aromatic nitrogens is 1. The highest BCUT2D eigenvalue weighted by molar-refractivity contribution is 6.04. The maximum Gasteiger partial charge on any atom is 0.227 e. The van der Waals surface area contributed by atoms with Gasteiger partial charge in [-0.1, -0.05) is 71.0 Å². The largest absolute Gasteiger partial charge is 0.464 e. The van der Waals surface area contributed by atoms with Crippen LogP contribution in [0.3, 0.4) is 0 Å². The number of nitrogens with zero attached hydrogens (tertiary/aromatic N) is 1. The van der Waals surface area contributed by atoms with Crippen LogP contribution >= 0.6 is 0 Å². The SMILES string of the molecule is Cc1cc2c(-c3ccc(CC(C)C)c4occc34)cc(-c3cc(C(C)(C)C)c4ccccc4c3)nc2o1. The van der Waals surface area contributed by atoms with Crippen molar-refractivity contribution in [3.8, 4) is 22.4 Å². The maximum atomic E-state index is 6.11. The summed E-state index contributed by atoms with van der Waals surface area (Å²) in [7, 11) is 0. The maximum absolute atomic E-state index is 6.11. The lowest BCUT2D eigenvalue weighted by molar-refractivity contribution is 0.568. The van der Waals surface area contributed by atoms with Crippen LogP contribution in [0.5, 0.6) is 0 Å². The van der Waals surface area contributed by atoms with Gasteiger partial charge in [0.2, 0.25) is 5.71 Å². The molecule has 3 heteroatoms. The van der Waals surface area contributed by atoms with Gasteiger partial charge in [0.1, 0.15) is 11.3 Å². The number of benzene rings is 3. The average molecular weight is 488 g/mol. The molecule has 0 fully saturated rings. The van der Waals surface area contributed by atoms with Crippen molar-refractivity contribution in [1.82, 2.24) is 4.98 Å². The molecule has 6 rings (SSSR count). The molecule has 0 aliphatic carbocycles. The Hall–Kier alpha value is -3.85. The molecule has 0 N–H and O–H groups in total. The normalized spacial score (nSPS) is 12.4. The number of pyridine rings is 1. The van der Waals surface area contributed by atoms with Crippen molar-refractivity contribution < 1.29 is 8.83 Å². The van der Waals surface area contributed by atoms with Gasteiger partial charge in [0, 0.05) is 16.3 Å². The standard InChI is InChI=1S/C34H33NO2/c1-20(2)15-23-11-12-26(27-13-14-36-32(23)27)28-19-31(35-33-29(28)16-21(3)37-33)24-17-22-9-7-8-10-25(22)30(18-24)34(4,5)6/h7-14,16-20H,15H2,1-6H3. The van der Waals surface area contributed by atoms with Gasteiger partial charge in [-0.25, -0.2) is 4.98 Å². The summed E-state index contributed by atoms with van der Waals surface area (Å²) < 4.78 is 12.1. The molecule has 0 atom stereocenters. The van der Waals surface area contributed by atoms with Crippen molar-refractivity contribution in [3.63, 3.8) is 0 Å². The summed E-state index contributed by atoms with van der Waals surface area (Å²) in [5.74, 6) is 1.41. The number of aryl methyl sites for hydroxylation is 1. The van der Waals surface area contributed by atoms with Gasteiger partial charge in [-0.2, -0.15) is 0 Å². The van der Waals surface area contributed by atoms with Gasteiger partial charge in [0.05, 0.1) is 12.0 Å². The Morgan fingerprint density at radius 1 is 0.838 bits per heavy atom. The highest BCUT2D eigenvalue weighted by Crippen LogP contribution is 2.40. The Morgan fingerprint density at radius 2 is 1.65 bits per heavy atom. The summed E-state index contributed by atoms with van der Waals surface area (Å²) in [6.07, 6.45) is 2.79. The van der Waals surface area contributed by atoms with E-state index >= 15 is 0 Å². The van der Waals surface area contributed by atoms with Crippen LogP contribution in [-0.4, -0.2) is 4.98 Å². The summed E-state index contributed by atoms with van der Waals surface area (Å²) in [6, 6.07) is 24.0. The molecule has 0 aliphatic heterocycles. The lowest BCUT2D eigenvalue weighted by atomic mass is 9.82. The van der Waals surface area contributed by atoms with E-state index in [2.05, 4.69) is 101 Å². The third-order valence-electron chi connectivity index (χ3n) is 7.21. The molecule has 0 bridgehead atoms. The zero-order chi connectivity index (χ0) is 25.9. The molecular formula is C34H33NO2. The molecule has 0 saturated carbocycles. The van der Waals surface area contributed by atoms with E-state index in [1.54, 1.807) is 6.26 Å². The predicted octanol–water partition coefficient (Wildman–Crippen LogP) is 9.87. The molecular weight excluding hydrogens is 454 g/mol. The average Bonchev–Trinajstić information content (AvgIpc) is 3.48. The second-order valence-electron chi connectivity index (χ2n) is 11.7. The van der Waals surface area contributed by atoms with Crippen LogP contribution in [-0.2, 0) is 11.8 Å². The predicted molar refractivity (Wildman–Crippen MR) is 154 cm³/mol. The highest BCUT2D eigenvalue weighted by atomic mass is 16.3. The number of fused-ring (bicyclic) bond motifs is 3. The van der Waals surface area contributed by atoms with E-state index in [4.69, 9.17) is 13.8 Å². The Morgan fingerprint density at radius 3 is 2.43 bits per heavy atom. The van der Waals surface area contributed by atoms with Gasteiger partial charge in [0.15, 0.2) is 0 Å². The van der Waals surface area contributed by atoms with Crippen LogP contribution in [0.15, 0.2) is 81.8 Å². The molecule has 37 heavy (non-hydrogen) atoms. The number of furan rings is 2. The fraction of sp³-hybridized carbons (Fsp3) is 0.265. The zero-order valence-corrected chi connectivity index (χ0v) is 22.5. The first-order valence-corrected chi connectivity index (χ1v) is 13.1. The van der Waals surface area contributed by atoms with Crippen molar-refractivity contribution >= 4 is 32.8 Å². The monoisotopic (exact) mass is 487 g/mol. The smallest absolute Gasteiger partial charge is 0.227 e. The minimum Gasteiger partial charge on any atom is -0.464 e. The number of rotatable bonds is 4. The molecule has 0 amide bonds. The lowest BCUT2D eigenvalue weighted by Gasteiger charge is -2.23. The molecule has 3 heterocycles. The van der Waals surface area contributed by atoms with Crippen LogP contribution in [0, 0.1) is 12.8 Å². The summed E-state index contributed by atoms with van der Waals surface area (Å²) in [4.78, 5) is 5.02. The van der Waals surface area contributed by atoms with Crippen LogP contribution in [0.2, 0.25) is 0 Å². The van der Waals surface area contributed by atoms with Crippen LogP contribution in [0.25, 0.3) is 55.2 Å². The van der Waals surface area contributed by atoms with Gasteiger partial charge < -0.3 is 8.83 Å². The quantitative estimate of drug-likeness (QED) is 0.248. The first kappa shape index (κ1) is 23.5. The molecule has 186 valence electrons. The fourth-order valence-corrected chi connectivity index (χ4v) is 5.54. The zero-order valence-electron chi connectivity index (χ0n) is 22.5. The van der Waals surface area contributed by atoms with Crippen molar-refractivity contribution in [3.05, 3.63) is 89.9 Å². The number of hydrogen-bond acceptors (Lipinski definition) is 3. The highest BCUT2D eigenvalue weighted by Gasteiger charge is 2.21. The fourth-order valence-electron chi connectivity index (χ4n) is 5.54. The third kappa shape index (κ3) is 4.13. The van der Waals surface area contributed by atoms with Gasteiger partial charge in [-0.3, -0.25) is 0 Å². The van der Waals surface area contributed by atoms with Crippen LogP contribution in [0.1, 0.15) is 51.5 Å². The second-order valence-corrected chi connectivity index (χ2v) is 11.7. The summed E-state index contributed by atoms with van der Waals surface area (Å²) in [5.41, 5.74) is 8.46. The summed E-state index contributed by atoms with van der Waals surface area (Å²) in [6.45, 7) is 13.3. The van der Waals surface area contributed by atoms with E-state index < -0.39 is 0 Å². The topological polar surface area (TPSA) is 39.2 Å². The van der Waals surface area contributed by atoms with Gasteiger partial charge in [0.25, 0.3) is 0 Å². The van der Waals surface area contributed by atoms with Crippen molar-refractivity contribution in [2.75, 3.05) is 0 Å². The van der Waals surface area contributed by atoms with Crippen LogP contribution in [0.4, 0.5) is 0 Å². The molecule has 6 aromatic rings. The Bertz CT molecular complexity index is 1780. The summed E-state index contributed by atoms with van der Waals surface area (Å²) >= 11 is 0. The first-order valence-electron chi connectivity index (χ1n) is 13.1. The Labute approximate surface area is 218 Å². The second kappa shape index (κ2) is 8.62. The molecule has 0 spiro atoms. The van der Waals surface area contributed by atoms with E-state index in [0.717, 1.165) is 50.9 Å². The van der Waals surface area contributed by atoms with E-state index in [1.165, 1.54) is 21.9 Å². The molecule has 3 aromatic heterocycles. The van der Waals surface area contributed by atoms with E-state index in [1.807, 2.05) is 6.92 Å². The van der Waals surface area contributed by atoms with Gasteiger partial charge in [-0.15, -0.1) is 0 Å². The first-order chi connectivity index (χ1) is 17.7. The molecule has 0 radical (unpaired) electrons. The van der Waals surface area contributed by atoms with Crippen molar-refractivity contribution in [2.24, 2.45) is 5.92 Å². The third-order valence-corrected chi connectivity index (χ3v) is 7.21.